The number of aryl methyl sites for hydroxylation is 1. The highest BCUT2D eigenvalue weighted by molar-refractivity contribution is 7.10. The van der Waals surface area contributed by atoms with E-state index in [2.05, 4.69) is 9.97 Å². The van der Waals surface area contributed by atoms with Gasteiger partial charge in [-0.15, -0.1) is 11.3 Å². The highest BCUT2D eigenvalue weighted by Gasteiger charge is 2.20. The quantitative estimate of drug-likeness (QED) is 0.856. The van der Waals surface area contributed by atoms with Crippen molar-refractivity contribution in [1.82, 2.24) is 9.97 Å². The van der Waals surface area contributed by atoms with Crippen LogP contribution in [0.25, 0.3) is 0 Å². The summed E-state index contributed by atoms with van der Waals surface area (Å²) in [6.07, 6.45) is 1.80. The number of hydrogen-bond donors (Lipinski definition) is 2. The molecule has 0 bridgehead atoms. The molecule has 1 atom stereocenters. The molecule has 4 nitrogen and oxygen atoms in total. The van der Waals surface area contributed by atoms with Crippen LogP contribution in [0, 0.1) is 6.92 Å². The Bertz CT molecular complexity index is 476. The molecule has 2 aromatic rings. The molecule has 0 fully saturated rings. The second-order valence-electron chi connectivity index (χ2n) is 3.59. The van der Waals surface area contributed by atoms with Gasteiger partial charge in [-0.1, -0.05) is 6.07 Å². The van der Waals surface area contributed by atoms with Gasteiger partial charge in [0.05, 0.1) is 6.42 Å². The van der Waals surface area contributed by atoms with E-state index in [1.165, 1.54) is 0 Å². The van der Waals surface area contributed by atoms with E-state index >= 15 is 0 Å². The molecule has 2 N–H and O–H groups in total. The number of nitrogens with one attached hydrogen (secondary N) is 1. The van der Waals surface area contributed by atoms with Crippen LogP contribution >= 0.6 is 11.3 Å². The lowest BCUT2D eigenvalue weighted by atomic mass is 10.0. The molecule has 0 aliphatic heterocycles. The van der Waals surface area contributed by atoms with Gasteiger partial charge in [-0.25, -0.2) is 4.98 Å². The number of carboxylic acids is 1. The van der Waals surface area contributed by atoms with E-state index in [0.717, 1.165) is 16.4 Å². The predicted molar refractivity (Wildman–Crippen MR) is 61.7 cm³/mol. The molecule has 0 saturated carbocycles. The van der Waals surface area contributed by atoms with Crippen molar-refractivity contribution in [2.75, 3.05) is 0 Å². The van der Waals surface area contributed by atoms with Crippen LogP contribution in [-0.4, -0.2) is 21.0 Å². The molecule has 0 aliphatic carbocycles. The van der Waals surface area contributed by atoms with Crippen LogP contribution in [-0.2, 0) is 4.79 Å². The van der Waals surface area contributed by atoms with E-state index in [0.29, 0.717) is 0 Å². The van der Waals surface area contributed by atoms with E-state index in [4.69, 9.17) is 5.11 Å². The molecule has 0 aromatic carbocycles. The number of aromatic amines is 1. The Labute approximate surface area is 97.0 Å². The Balaban J connectivity index is 2.31. The minimum Gasteiger partial charge on any atom is -0.481 e. The van der Waals surface area contributed by atoms with Crippen molar-refractivity contribution in [3.63, 3.8) is 0 Å². The Morgan fingerprint density at radius 3 is 3.00 bits per heavy atom. The van der Waals surface area contributed by atoms with Crippen LogP contribution in [0.3, 0.4) is 0 Å². The Kier molecular flexibility index (Phi) is 3.05. The molecule has 0 spiro atoms. The van der Waals surface area contributed by atoms with Crippen molar-refractivity contribution in [3.05, 3.63) is 40.1 Å². The highest BCUT2D eigenvalue weighted by Crippen LogP contribution is 2.30. The Hall–Kier alpha value is -1.62. The fourth-order valence-corrected chi connectivity index (χ4v) is 2.49. The number of imidazole rings is 1. The van der Waals surface area contributed by atoms with Gasteiger partial charge in [-0.05, 0) is 18.4 Å². The Morgan fingerprint density at radius 1 is 1.69 bits per heavy atom. The zero-order valence-corrected chi connectivity index (χ0v) is 9.62. The number of rotatable bonds is 4. The summed E-state index contributed by atoms with van der Waals surface area (Å²) in [5.74, 6) is -0.119. The number of aliphatic carboxylic acids is 1. The van der Waals surface area contributed by atoms with Gasteiger partial charge in [0.15, 0.2) is 0 Å². The molecule has 84 valence electrons. The Morgan fingerprint density at radius 2 is 2.50 bits per heavy atom. The molecule has 5 heteroatoms. The van der Waals surface area contributed by atoms with Gasteiger partial charge in [-0.3, -0.25) is 4.79 Å². The lowest BCUT2D eigenvalue weighted by molar-refractivity contribution is -0.137. The molecule has 16 heavy (non-hydrogen) atoms. The summed E-state index contributed by atoms with van der Waals surface area (Å²) in [5, 5.41) is 10.9. The second kappa shape index (κ2) is 4.49. The molecule has 2 heterocycles. The SMILES string of the molecule is Cc1ncc(C(CC(=O)O)c2cccs2)[nH]1. The number of carboxylic acid groups (broad SMARTS) is 1. The van der Waals surface area contributed by atoms with Crippen molar-refractivity contribution in [2.45, 2.75) is 19.3 Å². The van der Waals surface area contributed by atoms with Crippen LogP contribution < -0.4 is 0 Å². The monoisotopic (exact) mass is 236 g/mol. The molecule has 0 radical (unpaired) electrons. The number of carbonyl (C=O) groups is 1. The van der Waals surface area contributed by atoms with Crippen molar-refractivity contribution >= 4 is 17.3 Å². The largest absolute Gasteiger partial charge is 0.481 e. The number of H-pyrrole nitrogens is 1. The first-order valence-electron chi connectivity index (χ1n) is 4.93. The zero-order valence-electron chi connectivity index (χ0n) is 8.80. The van der Waals surface area contributed by atoms with Gasteiger partial charge in [0.1, 0.15) is 5.82 Å². The average molecular weight is 236 g/mol. The average Bonchev–Trinajstić information content (AvgIpc) is 2.84. The first-order valence-corrected chi connectivity index (χ1v) is 5.81. The van der Waals surface area contributed by atoms with Crippen molar-refractivity contribution in [1.29, 1.82) is 0 Å². The first kappa shape index (κ1) is 10.9. The normalized spacial score (nSPS) is 12.6. The maximum Gasteiger partial charge on any atom is 0.304 e. The van der Waals surface area contributed by atoms with Gasteiger partial charge >= 0.3 is 5.97 Å². The zero-order chi connectivity index (χ0) is 11.5. The smallest absolute Gasteiger partial charge is 0.304 e. The molecule has 0 aliphatic rings. The van der Waals surface area contributed by atoms with Crippen molar-refractivity contribution in [2.24, 2.45) is 0 Å². The standard InChI is InChI=1S/C11H12N2O2S/c1-7-12-6-9(13-7)8(5-11(14)15)10-3-2-4-16-10/h2-4,6,8H,5H2,1H3,(H,12,13)(H,14,15). The fraction of sp³-hybridized carbons (Fsp3) is 0.273. The number of thiophene rings is 1. The van der Waals surface area contributed by atoms with E-state index in [1.54, 1.807) is 17.5 Å². The van der Waals surface area contributed by atoms with E-state index < -0.39 is 5.97 Å². The summed E-state index contributed by atoms with van der Waals surface area (Å²) in [7, 11) is 0. The lowest BCUT2D eigenvalue weighted by Gasteiger charge is -2.10. The number of nitrogens with zero attached hydrogens (tertiary/aromatic N) is 1. The molecule has 2 rings (SSSR count). The van der Waals surface area contributed by atoms with Gasteiger partial charge < -0.3 is 10.1 Å². The third kappa shape index (κ3) is 2.30. The third-order valence-corrected chi connectivity index (χ3v) is 3.35. The summed E-state index contributed by atoms with van der Waals surface area (Å²) in [5.41, 5.74) is 0.863. The maximum atomic E-state index is 10.9. The van der Waals surface area contributed by atoms with Crippen LogP contribution in [0.1, 0.15) is 28.7 Å². The minimum absolute atomic E-state index is 0.0855. The first-order chi connectivity index (χ1) is 7.66. The highest BCUT2D eigenvalue weighted by atomic mass is 32.1. The summed E-state index contributed by atoms with van der Waals surface area (Å²) in [6, 6.07) is 3.88. The minimum atomic E-state index is -0.800. The summed E-state index contributed by atoms with van der Waals surface area (Å²) >= 11 is 1.57. The fourth-order valence-electron chi connectivity index (χ4n) is 1.64. The predicted octanol–water partition coefficient (Wildman–Crippen LogP) is 2.39. The maximum absolute atomic E-state index is 10.9. The summed E-state index contributed by atoms with van der Waals surface area (Å²) in [4.78, 5) is 19.1. The molecule has 0 saturated heterocycles. The molecular formula is C11H12N2O2S. The molecule has 1 unspecified atom stereocenters. The third-order valence-electron chi connectivity index (χ3n) is 2.36. The molecular weight excluding hydrogens is 224 g/mol. The van der Waals surface area contributed by atoms with Gasteiger partial charge in [-0.2, -0.15) is 0 Å². The van der Waals surface area contributed by atoms with Crippen molar-refractivity contribution in [3.8, 4) is 0 Å². The molecule has 0 amide bonds. The number of hydrogen-bond acceptors (Lipinski definition) is 3. The van der Waals surface area contributed by atoms with Crippen molar-refractivity contribution < 1.29 is 9.90 Å². The number of aromatic nitrogens is 2. The second-order valence-corrected chi connectivity index (χ2v) is 4.57. The van der Waals surface area contributed by atoms with Crippen LogP contribution in [0.2, 0.25) is 0 Å². The van der Waals surface area contributed by atoms with Gasteiger partial charge in [0.2, 0.25) is 0 Å². The summed E-state index contributed by atoms with van der Waals surface area (Å²) < 4.78 is 0. The topological polar surface area (TPSA) is 66.0 Å². The molecule has 2 aromatic heterocycles. The van der Waals surface area contributed by atoms with E-state index in [1.807, 2.05) is 24.4 Å². The summed E-state index contributed by atoms with van der Waals surface area (Å²) in [6.45, 7) is 1.86. The lowest BCUT2D eigenvalue weighted by Crippen LogP contribution is -2.07. The van der Waals surface area contributed by atoms with Crippen LogP contribution in [0.15, 0.2) is 23.7 Å². The van der Waals surface area contributed by atoms with Gasteiger partial charge in [0.25, 0.3) is 0 Å². The van der Waals surface area contributed by atoms with E-state index in [-0.39, 0.29) is 12.3 Å². The van der Waals surface area contributed by atoms with E-state index in [9.17, 15) is 4.79 Å². The van der Waals surface area contributed by atoms with Crippen LogP contribution in [0.5, 0.6) is 0 Å². The van der Waals surface area contributed by atoms with Gasteiger partial charge in [0, 0.05) is 22.7 Å². The van der Waals surface area contributed by atoms with Crippen LogP contribution in [0.4, 0.5) is 0 Å².